The zero-order valence-corrected chi connectivity index (χ0v) is 21.6. The van der Waals surface area contributed by atoms with E-state index in [2.05, 4.69) is 20.9 Å². The van der Waals surface area contributed by atoms with Crippen LogP contribution in [0.1, 0.15) is 24.8 Å². The number of carboxylic acids is 1. The Bertz CT molecular complexity index is 914. The van der Waals surface area contributed by atoms with E-state index < -0.39 is 54.5 Å². The van der Waals surface area contributed by atoms with Gasteiger partial charge in [-0.1, -0.05) is 30.3 Å². The molecule has 0 bridgehead atoms. The number of nitrogens with one attached hydrogen (secondary N) is 3. The summed E-state index contributed by atoms with van der Waals surface area (Å²) in [6, 6.07) is 4.20. The molecule has 0 aromatic heterocycles. The average molecular weight is 540 g/mol. The first-order valence-electron chi connectivity index (χ1n) is 11.7. The van der Waals surface area contributed by atoms with E-state index >= 15 is 0 Å². The Balaban J connectivity index is 3.03. The van der Waals surface area contributed by atoms with Crippen molar-refractivity contribution >= 4 is 41.4 Å². The highest BCUT2D eigenvalue weighted by Crippen LogP contribution is 2.07. The van der Waals surface area contributed by atoms with Crippen LogP contribution in [0.3, 0.4) is 0 Å². The van der Waals surface area contributed by atoms with E-state index in [0.717, 1.165) is 0 Å². The maximum Gasteiger partial charge on any atom is 0.326 e. The van der Waals surface area contributed by atoms with Gasteiger partial charge >= 0.3 is 5.97 Å². The van der Waals surface area contributed by atoms with Crippen LogP contribution in [-0.4, -0.2) is 89.2 Å². The Hall–Kier alpha value is -3.36. The highest BCUT2D eigenvalue weighted by atomic mass is 32.2. The first-order chi connectivity index (χ1) is 17.6. The first-order valence-corrected chi connectivity index (χ1v) is 13.1. The molecule has 37 heavy (non-hydrogen) atoms. The van der Waals surface area contributed by atoms with Crippen molar-refractivity contribution in [1.82, 2.24) is 16.0 Å². The van der Waals surface area contributed by atoms with Crippen LogP contribution in [0.15, 0.2) is 35.3 Å². The molecule has 0 saturated carbocycles. The molecule has 206 valence electrons. The van der Waals surface area contributed by atoms with Crippen molar-refractivity contribution in [3.63, 3.8) is 0 Å². The van der Waals surface area contributed by atoms with Crippen LogP contribution in [0.4, 0.5) is 0 Å². The smallest absolute Gasteiger partial charge is 0.326 e. The third kappa shape index (κ3) is 12.4. The van der Waals surface area contributed by atoms with Crippen LogP contribution >= 0.6 is 11.8 Å². The number of nitrogens with zero attached hydrogens (tertiary/aromatic N) is 1. The van der Waals surface area contributed by atoms with Crippen LogP contribution in [0.25, 0.3) is 0 Å². The molecular weight excluding hydrogens is 502 g/mol. The number of nitrogens with two attached hydrogens (primary N) is 3. The first kappa shape index (κ1) is 31.7. The molecule has 3 amide bonds. The van der Waals surface area contributed by atoms with E-state index in [4.69, 9.17) is 22.3 Å². The number of aliphatic hydroxyl groups is 1. The maximum atomic E-state index is 13.1. The van der Waals surface area contributed by atoms with Gasteiger partial charge in [0, 0.05) is 13.0 Å². The van der Waals surface area contributed by atoms with Gasteiger partial charge in [-0.2, -0.15) is 11.8 Å². The molecule has 4 atom stereocenters. The van der Waals surface area contributed by atoms with Crippen molar-refractivity contribution < 1.29 is 29.4 Å². The van der Waals surface area contributed by atoms with Crippen molar-refractivity contribution in [2.75, 3.05) is 25.2 Å². The van der Waals surface area contributed by atoms with Gasteiger partial charge in [-0.25, -0.2) is 4.79 Å². The zero-order valence-electron chi connectivity index (χ0n) is 20.8. The Labute approximate surface area is 220 Å². The summed E-state index contributed by atoms with van der Waals surface area (Å²) in [5.74, 6) is -2.91. The number of amides is 3. The van der Waals surface area contributed by atoms with Gasteiger partial charge in [0.05, 0.1) is 6.61 Å². The van der Waals surface area contributed by atoms with E-state index in [0.29, 0.717) is 17.7 Å². The van der Waals surface area contributed by atoms with Crippen molar-refractivity contribution in [1.29, 1.82) is 0 Å². The fourth-order valence-electron chi connectivity index (χ4n) is 3.23. The summed E-state index contributed by atoms with van der Waals surface area (Å²) in [7, 11) is 0. The molecule has 0 heterocycles. The van der Waals surface area contributed by atoms with E-state index in [1.54, 1.807) is 30.3 Å². The normalized spacial score (nSPS) is 13.9. The predicted octanol–water partition coefficient (Wildman–Crippen LogP) is -2.11. The molecule has 4 unspecified atom stereocenters. The van der Waals surface area contributed by atoms with Crippen LogP contribution in [-0.2, 0) is 25.6 Å². The zero-order chi connectivity index (χ0) is 27.8. The lowest BCUT2D eigenvalue weighted by Gasteiger charge is -2.25. The van der Waals surface area contributed by atoms with Crippen LogP contribution in [0, 0.1) is 0 Å². The lowest BCUT2D eigenvalue weighted by Crippen LogP contribution is -2.57. The van der Waals surface area contributed by atoms with Crippen molar-refractivity contribution in [3.05, 3.63) is 35.9 Å². The van der Waals surface area contributed by atoms with Crippen LogP contribution < -0.4 is 33.2 Å². The Morgan fingerprint density at radius 1 is 0.946 bits per heavy atom. The van der Waals surface area contributed by atoms with Gasteiger partial charge in [0.2, 0.25) is 17.7 Å². The number of hydrogen-bond donors (Lipinski definition) is 8. The number of guanidine groups is 1. The minimum Gasteiger partial charge on any atom is -0.480 e. The van der Waals surface area contributed by atoms with Gasteiger partial charge in [0.25, 0.3) is 0 Å². The number of carbonyl (C=O) groups is 4. The lowest BCUT2D eigenvalue weighted by molar-refractivity contribution is -0.142. The second-order valence-electron chi connectivity index (χ2n) is 8.23. The number of carboxylic acid groups (broad SMARTS) is 1. The quantitative estimate of drug-likeness (QED) is 0.0609. The monoisotopic (exact) mass is 539 g/mol. The summed E-state index contributed by atoms with van der Waals surface area (Å²) < 4.78 is 0. The summed E-state index contributed by atoms with van der Waals surface area (Å²) in [6.45, 7) is -0.414. The topological polar surface area (TPSA) is 235 Å². The van der Waals surface area contributed by atoms with Crippen molar-refractivity contribution in [3.8, 4) is 0 Å². The molecule has 1 aromatic rings. The Kier molecular flexibility index (Phi) is 14.7. The van der Waals surface area contributed by atoms with Gasteiger partial charge in [0.15, 0.2) is 5.96 Å². The number of carbonyl (C=O) groups excluding carboxylic acids is 3. The minimum atomic E-state index is -1.23. The fraction of sp³-hybridized carbons (Fsp3) is 0.522. The maximum absolute atomic E-state index is 13.1. The number of benzene rings is 1. The molecule has 14 heteroatoms. The summed E-state index contributed by atoms with van der Waals surface area (Å²) in [5, 5.41) is 26.4. The second-order valence-corrected chi connectivity index (χ2v) is 9.22. The van der Waals surface area contributed by atoms with Gasteiger partial charge < -0.3 is 43.4 Å². The average Bonchev–Trinajstić information content (AvgIpc) is 2.87. The summed E-state index contributed by atoms with van der Waals surface area (Å²) in [5.41, 5.74) is 16.9. The van der Waals surface area contributed by atoms with Gasteiger partial charge in [-0.15, -0.1) is 0 Å². The Morgan fingerprint density at radius 3 is 2.05 bits per heavy atom. The van der Waals surface area contributed by atoms with E-state index in [1.165, 1.54) is 11.8 Å². The minimum absolute atomic E-state index is 0.0437. The largest absolute Gasteiger partial charge is 0.480 e. The fourth-order valence-corrected chi connectivity index (χ4v) is 3.70. The lowest BCUT2D eigenvalue weighted by atomic mass is 10.0. The highest BCUT2D eigenvalue weighted by Gasteiger charge is 2.30. The third-order valence-electron chi connectivity index (χ3n) is 5.25. The number of aliphatic hydroxyl groups excluding tert-OH is 1. The highest BCUT2D eigenvalue weighted by molar-refractivity contribution is 7.98. The van der Waals surface area contributed by atoms with Crippen molar-refractivity contribution in [2.45, 2.75) is 49.9 Å². The van der Waals surface area contributed by atoms with E-state index in [-0.39, 0.29) is 31.8 Å². The number of hydrogen-bond acceptors (Lipinski definition) is 8. The summed E-state index contributed by atoms with van der Waals surface area (Å²) in [4.78, 5) is 54.0. The predicted molar refractivity (Wildman–Crippen MR) is 142 cm³/mol. The standard InChI is InChI=1S/C23H37N7O6S/c1-37-11-9-17(28-19(32)15(24)13-31)21(34)29-16(8-5-10-27-23(25)26)20(33)30-18(22(35)36)12-14-6-3-2-4-7-14/h2-4,6-7,15-18,31H,5,8-13,24H2,1H3,(H,28,32)(H,29,34)(H,30,33)(H,35,36)(H4,25,26,27). The molecule has 0 spiro atoms. The molecule has 0 radical (unpaired) electrons. The SMILES string of the molecule is CSCCC(NC(=O)C(N)CO)C(=O)NC(CCCN=C(N)N)C(=O)NC(Cc1ccccc1)C(=O)O. The number of thioether (sulfide) groups is 1. The second kappa shape index (κ2) is 17.2. The van der Waals surface area contributed by atoms with E-state index in [9.17, 15) is 24.3 Å². The number of aliphatic imine (C=N–C) groups is 1. The molecule has 0 aliphatic rings. The van der Waals surface area contributed by atoms with E-state index in [1.807, 2.05) is 6.26 Å². The summed E-state index contributed by atoms with van der Waals surface area (Å²) >= 11 is 1.45. The molecule has 13 nitrogen and oxygen atoms in total. The van der Waals surface area contributed by atoms with Gasteiger partial charge in [-0.05, 0) is 36.8 Å². The van der Waals surface area contributed by atoms with Gasteiger partial charge in [-0.3, -0.25) is 19.4 Å². The molecule has 0 aliphatic carbocycles. The molecule has 0 saturated heterocycles. The van der Waals surface area contributed by atoms with Gasteiger partial charge in [0.1, 0.15) is 24.2 Å². The van der Waals surface area contributed by atoms with Crippen LogP contribution in [0.2, 0.25) is 0 Å². The summed E-state index contributed by atoms with van der Waals surface area (Å²) in [6.07, 6.45) is 2.53. The molecule has 1 rings (SSSR count). The molecule has 11 N–H and O–H groups in total. The molecule has 1 aromatic carbocycles. The molecule has 0 fully saturated rings. The molecular formula is C23H37N7O6S. The number of rotatable bonds is 17. The van der Waals surface area contributed by atoms with Crippen molar-refractivity contribution in [2.24, 2.45) is 22.2 Å². The number of aliphatic carboxylic acids is 1. The Morgan fingerprint density at radius 2 is 1.51 bits per heavy atom. The third-order valence-corrected chi connectivity index (χ3v) is 5.90. The van der Waals surface area contributed by atoms with Crippen LogP contribution in [0.5, 0.6) is 0 Å². The molecule has 0 aliphatic heterocycles.